The van der Waals surface area contributed by atoms with Crippen molar-refractivity contribution in [3.05, 3.63) is 24.2 Å². The van der Waals surface area contributed by atoms with Crippen LogP contribution in [0.2, 0.25) is 0 Å². The molecule has 0 N–H and O–H groups in total. The Hall–Kier alpha value is -1.09. The second-order valence-corrected chi connectivity index (χ2v) is 4.37. The minimum Gasteiger partial charge on any atom is -0.472 e. The van der Waals surface area contributed by atoms with E-state index in [4.69, 9.17) is 9.15 Å². The summed E-state index contributed by atoms with van der Waals surface area (Å²) in [5.74, 6) is 0.202. The third-order valence-electron chi connectivity index (χ3n) is 3.28. The highest BCUT2D eigenvalue weighted by molar-refractivity contribution is 5.89. The number of ketones is 1. The molecular formula is C13H18O3. The molecule has 0 atom stereocenters. The van der Waals surface area contributed by atoms with Gasteiger partial charge in [0.15, 0.2) is 5.78 Å². The molecule has 3 heteroatoms. The fraction of sp³-hybridized carbons (Fsp3) is 0.615. The molecule has 16 heavy (non-hydrogen) atoms. The van der Waals surface area contributed by atoms with Crippen LogP contribution in [0.1, 0.15) is 38.2 Å². The predicted octanol–water partition coefficient (Wildman–Crippen LogP) is 2.74. The Labute approximate surface area is 95.8 Å². The second-order valence-electron chi connectivity index (χ2n) is 4.37. The number of Topliss-reactive ketones (excluding diaryl/α,β-unsaturated/α-hetero) is 1. The summed E-state index contributed by atoms with van der Waals surface area (Å²) < 4.78 is 10.7. The molecule has 3 nitrogen and oxygen atoms in total. The van der Waals surface area contributed by atoms with Crippen LogP contribution in [0.25, 0.3) is 0 Å². The molecule has 1 aromatic heterocycles. The normalized spacial score (nSPS) is 18.8. The zero-order chi connectivity index (χ0) is 11.4. The Balaban J connectivity index is 2.05. The molecule has 1 aliphatic rings. The van der Waals surface area contributed by atoms with E-state index < -0.39 is 5.60 Å². The maximum Gasteiger partial charge on any atom is 0.169 e. The summed E-state index contributed by atoms with van der Waals surface area (Å²) in [4.78, 5) is 12.3. The lowest BCUT2D eigenvalue weighted by Crippen LogP contribution is -2.39. The summed E-state index contributed by atoms with van der Waals surface area (Å²) >= 11 is 0. The van der Waals surface area contributed by atoms with Crippen molar-refractivity contribution < 1.29 is 13.9 Å². The Bertz CT molecular complexity index is 334. The summed E-state index contributed by atoms with van der Waals surface area (Å²) in [5, 5.41) is 0. The fourth-order valence-electron chi connectivity index (χ4n) is 2.47. The van der Waals surface area contributed by atoms with Crippen molar-refractivity contribution >= 4 is 5.78 Å². The highest BCUT2D eigenvalue weighted by atomic mass is 16.5. The van der Waals surface area contributed by atoms with Gasteiger partial charge in [0.1, 0.15) is 5.60 Å². The zero-order valence-corrected chi connectivity index (χ0v) is 9.70. The molecule has 0 spiro atoms. The first-order chi connectivity index (χ1) is 7.77. The number of furan rings is 1. The lowest BCUT2D eigenvalue weighted by Gasteiger charge is -2.27. The van der Waals surface area contributed by atoms with E-state index in [1.54, 1.807) is 12.5 Å². The molecular weight excluding hydrogens is 204 g/mol. The Morgan fingerprint density at radius 3 is 2.81 bits per heavy atom. The summed E-state index contributed by atoms with van der Waals surface area (Å²) in [7, 11) is 0. The summed E-state index contributed by atoms with van der Waals surface area (Å²) in [6, 6.07) is 1.84. The molecule has 88 valence electrons. The van der Waals surface area contributed by atoms with Crippen LogP contribution >= 0.6 is 0 Å². The SMILES string of the molecule is CCOC1(C(=O)Cc2ccoc2)CCCC1. The van der Waals surface area contributed by atoms with Gasteiger partial charge in [0.2, 0.25) is 0 Å². The van der Waals surface area contributed by atoms with Gasteiger partial charge in [-0.05, 0) is 44.2 Å². The third kappa shape index (κ3) is 2.19. The van der Waals surface area contributed by atoms with Gasteiger partial charge < -0.3 is 9.15 Å². The smallest absolute Gasteiger partial charge is 0.169 e. The number of rotatable bonds is 5. The van der Waals surface area contributed by atoms with E-state index in [1.807, 2.05) is 13.0 Å². The lowest BCUT2D eigenvalue weighted by molar-refractivity contribution is -0.142. The van der Waals surface area contributed by atoms with Gasteiger partial charge in [-0.3, -0.25) is 4.79 Å². The highest BCUT2D eigenvalue weighted by Gasteiger charge is 2.41. The Kier molecular flexibility index (Phi) is 3.44. The minimum absolute atomic E-state index is 0.202. The van der Waals surface area contributed by atoms with Crippen LogP contribution in [-0.2, 0) is 16.0 Å². The van der Waals surface area contributed by atoms with Crippen molar-refractivity contribution in [3.8, 4) is 0 Å². The monoisotopic (exact) mass is 222 g/mol. The van der Waals surface area contributed by atoms with E-state index in [0.717, 1.165) is 31.2 Å². The lowest BCUT2D eigenvalue weighted by atomic mass is 9.92. The van der Waals surface area contributed by atoms with E-state index in [9.17, 15) is 4.79 Å². The van der Waals surface area contributed by atoms with Crippen LogP contribution in [0.15, 0.2) is 23.0 Å². The van der Waals surface area contributed by atoms with Crippen LogP contribution in [0, 0.1) is 0 Å². The number of carbonyl (C=O) groups excluding carboxylic acids is 1. The predicted molar refractivity (Wildman–Crippen MR) is 60.2 cm³/mol. The first-order valence-electron chi connectivity index (χ1n) is 5.95. The van der Waals surface area contributed by atoms with Gasteiger partial charge in [0.05, 0.1) is 12.5 Å². The van der Waals surface area contributed by atoms with E-state index in [-0.39, 0.29) is 5.78 Å². The quantitative estimate of drug-likeness (QED) is 0.769. The Morgan fingerprint density at radius 2 is 2.25 bits per heavy atom. The fourth-order valence-corrected chi connectivity index (χ4v) is 2.47. The molecule has 1 saturated carbocycles. The van der Waals surface area contributed by atoms with Crippen molar-refractivity contribution in [1.82, 2.24) is 0 Å². The van der Waals surface area contributed by atoms with Crippen LogP contribution in [0.3, 0.4) is 0 Å². The van der Waals surface area contributed by atoms with Crippen LogP contribution < -0.4 is 0 Å². The van der Waals surface area contributed by atoms with Crippen molar-refractivity contribution in [2.45, 2.75) is 44.6 Å². The molecule has 2 rings (SSSR count). The third-order valence-corrected chi connectivity index (χ3v) is 3.28. The van der Waals surface area contributed by atoms with Gasteiger partial charge in [-0.15, -0.1) is 0 Å². The largest absolute Gasteiger partial charge is 0.472 e. The Morgan fingerprint density at radius 1 is 1.50 bits per heavy atom. The number of hydrogen-bond acceptors (Lipinski definition) is 3. The maximum absolute atomic E-state index is 12.3. The molecule has 0 aromatic carbocycles. The molecule has 1 aromatic rings. The average molecular weight is 222 g/mol. The van der Waals surface area contributed by atoms with Gasteiger partial charge in [-0.1, -0.05) is 0 Å². The number of ether oxygens (including phenoxy) is 1. The molecule has 1 fully saturated rings. The zero-order valence-electron chi connectivity index (χ0n) is 9.70. The van der Waals surface area contributed by atoms with Crippen LogP contribution in [0.4, 0.5) is 0 Å². The van der Waals surface area contributed by atoms with Gasteiger partial charge >= 0.3 is 0 Å². The molecule has 0 saturated heterocycles. The average Bonchev–Trinajstić information content (AvgIpc) is 2.89. The molecule has 1 aliphatic carbocycles. The highest BCUT2D eigenvalue weighted by Crippen LogP contribution is 2.34. The van der Waals surface area contributed by atoms with Crippen LogP contribution in [0.5, 0.6) is 0 Å². The summed E-state index contributed by atoms with van der Waals surface area (Å²) in [5.41, 5.74) is 0.433. The van der Waals surface area contributed by atoms with Gasteiger partial charge in [-0.2, -0.15) is 0 Å². The van der Waals surface area contributed by atoms with Crippen molar-refractivity contribution in [1.29, 1.82) is 0 Å². The van der Waals surface area contributed by atoms with Crippen molar-refractivity contribution in [2.24, 2.45) is 0 Å². The molecule has 1 heterocycles. The van der Waals surface area contributed by atoms with E-state index in [2.05, 4.69) is 0 Å². The second kappa shape index (κ2) is 4.83. The first-order valence-corrected chi connectivity index (χ1v) is 5.95. The minimum atomic E-state index is -0.508. The maximum atomic E-state index is 12.3. The van der Waals surface area contributed by atoms with E-state index in [1.165, 1.54) is 0 Å². The van der Waals surface area contributed by atoms with Gasteiger partial charge in [0.25, 0.3) is 0 Å². The van der Waals surface area contributed by atoms with Crippen molar-refractivity contribution in [2.75, 3.05) is 6.61 Å². The molecule has 0 amide bonds. The first kappa shape index (κ1) is 11.4. The van der Waals surface area contributed by atoms with E-state index in [0.29, 0.717) is 13.0 Å². The molecule has 0 radical (unpaired) electrons. The van der Waals surface area contributed by atoms with Gasteiger partial charge in [0, 0.05) is 13.0 Å². The number of carbonyl (C=O) groups is 1. The molecule has 0 unspecified atom stereocenters. The summed E-state index contributed by atoms with van der Waals surface area (Å²) in [6.45, 7) is 2.56. The number of hydrogen-bond donors (Lipinski definition) is 0. The standard InChI is InChI=1S/C13H18O3/c1-2-16-13(6-3-4-7-13)12(14)9-11-5-8-15-10-11/h5,8,10H,2-4,6-7,9H2,1H3. The molecule has 0 aliphatic heterocycles. The summed E-state index contributed by atoms with van der Waals surface area (Å²) in [6.07, 6.45) is 7.59. The van der Waals surface area contributed by atoms with E-state index >= 15 is 0 Å². The molecule has 0 bridgehead atoms. The van der Waals surface area contributed by atoms with Crippen molar-refractivity contribution in [3.63, 3.8) is 0 Å². The van der Waals surface area contributed by atoms with Crippen LogP contribution in [-0.4, -0.2) is 18.0 Å². The van der Waals surface area contributed by atoms with Gasteiger partial charge in [-0.25, -0.2) is 0 Å². The topological polar surface area (TPSA) is 39.4 Å².